The van der Waals surface area contributed by atoms with Crippen LogP contribution in [0.4, 0.5) is 5.69 Å². The molecule has 1 amide bonds. The van der Waals surface area contributed by atoms with E-state index in [2.05, 4.69) is 20.8 Å². The zero-order valence-corrected chi connectivity index (χ0v) is 13.7. The third kappa shape index (κ3) is 3.41. The Labute approximate surface area is 132 Å². The van der Waals surface area contributed by atoms with Crippen LogP contribution in [0.25, 0.3) is 0 Å². The van der Waals surface area contributed by atoms with Gasteiger partial charge in [0.15, 0.2) is 0 Å². The Morgan fingerprint density at radius 2 is 2.14 bits per heavy atom. The number of carbonyl (C=O) groups is 1. The minimum atomic E-state index is -0.486. The monoisotopic (exact) mass is 355 g/mol. The van der Waals surface area contributed by atoms with Crippen molar-refractivity contribution in [2.24, 2.45) is 0 Å². The van der Waals surface area contributed by atoms with Crippen molar-refractivity contribution in [3.8, 4) is 0 Å². The van der Waals surface area contributed by atoms with Gasteiger partial charge in [-0.05, 0) is 48.9 Å². The second-order valence-corrected chi connectivity index (χ2v) is 6.15. The summed E-state index contributed by atoms with van der Waals surface area (Å²) in [5, 5.41) is 11.0. The standard InChI is InChI=1S/C14H18BrN3O3/c1-10-9-16(2)7-4-8-17(10)14(19)11-5-3-6-12(13(11)15)18(20)21/h3,5-6,10H,4,7-9H2,1-2H3. The van der Waals surface area contributed by atoms with Crippen molar-refractivity contribution in [3.63, 3.8) is 0 Å². The lowest BCUT2D eigenvalue weighted by molar-refractivity contribution is -0.385. The molecular weight excluding hydrogens is 338 g/mol. The highest BCUT2D eigenvalue weighted by molar-refractivity contribution is 9.10. The zero-order valence-electron chi connectivity index (χ0n) is 12.1. The Morgan fingerprint density at radius 3 is 2.81 bits per heavy atom. The van der Waals surface area contributed by atoms with Crippen LogP contribution in [-0.2, 0) is 0 Å². The number of halogens is 1. The van der Waals surface area contributed by atoms with Gasteiger partial charge in [0, 0.05) is 25.2 Å². The number of hydrogen-bond acceptors (Lipinski definition) is 4. The Bertz CT molecular complexity index is 564. The molecule has 6 nitrogen and oxygen atoms in total. The van der Waals surface area contributed by atoms with Gasteiger partial charge in [0.1, 0.15) is 4.47 Å². The Kier molecular flexibility index (Phi) is 4.95. The van der Waals surface area contributed by atoms with E-state index >= 15 is 0 Å². The van der Waals surface area contributed by atoms with Crippen molar-refractivity contribution in [3.05, 3.63) is 38.3 Å². The Morgan fingerprint density at radius 1 is 1.43 bits per heavy atom. The van der Waals surface area contributed by atoms with Gasteiger partial charge < -0.3 is 9.80 Å². The van der Waals surface area contributed by atoms with Crippen LogP contribution in [-0.4, -0.2) is 53.4 Å². The van der Waals surface area contributed by atoms with Crippen molar-refractivity contribution in [2.75, 3.05) is 26.7 Å². The first-order valence-electron chi connectivity index (χ1n) is 6.84. The molecule has 1 heterocycles. The molecule has 0 spiro atoms. The molecule has 0 N–H and O–H groups in total. The van der Waals surface area contributed by atoms with Crippen LogP contribution in [0.5, 0.6) is 0 Å². The van der Waals surface area contributed by atoms with E-state index in [1.165, 1.54) is 6.07 Å². The van der Waals surface area contributed by atoms with Crippen LogP contribution in [0.3, 0.4) is 0 Å². The lowest BCUT2D eigenvalue weighted by atomic mass is 10.1. The van der Waals surface area contributed by atoms with Crippen LogP contribution in [0.1, 0.15) is 23.7 Å². The maximum absolute atomic E-state index is 12.7. The van der Waals surface area contributed by atoms with Crippen LogP contribution in [0.15, 0.2) is 22.7 Å². The molecule has 1 aromatic rings. The van der Waals surface area contributed by atoms with Gasteiger partial charge in [0.05, 0.1) is 10.5 Å². The second kappa shape index (κ2) is 6.53. The molecule has 1 atom stereocenters. The summed E-state index contributed by atoms with van der Waals surface area (Å²) in [5.41, 5.74) is 0.265. The number of benzene rings is 1. The molecule has 0 aromatic heterocycles. The van der Waals surface area contributed by atoms with E-state index in [0.717, 1.165) is 19.5 Å². The first-order valence-corrected chi connectivity index (χ1v) is 7.63. The number of nitro groups is 1. The lowest BCUT2D eigenvalue weighted by Gasteiger charge is -2.28. The van der Waals surface area contributed by atoms with Crippen molar-refractivity contribution in [1.29, 1.82) is 0 Å². The number of amides is 1. The van der Waals surface area contributed by atoms with E-state index in [9.17, 15) is 14.9 Å². The molecule has 0 radical (unpaired) electrons. The molecule has 1 unspecified atom stereocenters. The average Bonchev–Trinajstić information content (AvgIpc) is 2.58. The number of rotatable bonds is 2. The molecule has 7 heteroatoms. The molecule has 0 aliphatic carbocycles. The second-order valence-electron chi connectivity index (χ2n) is 5.36. The van der Waals surface area contributed by atoms with Gasteiger partial charge in [-0.15, -0.1) is 0 Å². The number of nitrogens with zero attached hydrogens (tertiary/aromatic N) is 3. The summed E-state index contributed by atoms with van der Waals surface area (Å²) in [6, 6.07) is 4.64. The van der Waals surface area contributed by atoms with Gasteiger partial charge in [-0.3, -0.25) is 14.9 Å². The van der Waals surface area contributed by atoms with E-state index in [4.69, 9.17) is 0 Å². The molecule has 114 valence electrons. The van der Waals surface area contributed by atoms with Crippen molar-refractivity contribution in [2.45, 2.75) is 19.4 Å². The predicted molar refractivity (Wildman–Crippen MR) is 83.4 cm³/mol. The molecule has 2 rings (SSSR count). The highest BCUT2D eigenvalue weighted by atomic mass is 79.9. The minimum Gasteiger partial charge on any atom is -0.335 e. The summed E-state index contributed by atoms with van der Waals surface area (Å²) in [4.78, 5) is 27.2. The molecular formula is C14H18BrN3O3. The summed E-state index contributed by atoms with van der Waals surface area (Å²) in [7, 11) is 2.04. The van der Waals surface area contributed by atoms with Gasteiger partial charge in [0.2, 0.25) is 0 Å². The van der Waals surface area contributed by atoms with Gasteiger partial charge in [-0.25, -0.2) is 0 Å². The molecule has 21 heavy (non-hydrogen) atoms. The van der Waals surface area contributed by atoms with E-state index in [-0.39, 0.29) is 22.1 Å². The van der Waals surface area contributed by atoms with Crippen molar-refractivity contribution >= 4 is 27.5 Å². The van der Waals surface area contributed by atoms with E-state index in [1.807, 2.05) is 14.0 Å². The third-order valence-corrected chi connectivity index (χ3v) is 4.55. The lowest BCUT2D eigenvalue weighted by Crippen LogP contribution is -2.42. The van der Waals surface area contributed by atoms with Gasteiger partial charge >= 0.3 is 0 Å². The average molecular weight is 356 g/mol. The molecule has 1 fully saturated rings. The first kappa shape index (κ1) is 15.9. The Hall–Kier alpha value is -1.47. The molecule has 1 aliphatic rings. The van der Waals surface area contributed by atoms with E-state index in [1.54, 1.807) is 17.0 Å². The topological polar surface area (TPSA) is 66.7 Å². The number of carbonyl (C=O) groups excluding carboxylic acids is 1. The summed E-state index contributed by atoms with van der Waals surface area (Å²) in [6.45, 7) is 4.42. The highest BCUT2D eigenvalue weighted by Crippen LogP contribution is 2.29. The predicted octanol–water partition coefficient (Wildman–Crippen LogP) is 2.52. The number of hydrogen-bond donors (Lipinski definition) is 0. The van der Waals surface area contributed by atoms with Gasteiger partial charge in [0.25, 0.3) is 11.6 Å². The molecule has 1 aromatic carbocycles. The SMILES string of the molecule is CC1CN(C)CCCN1C(=O)c1cccc([N+](=O)[O-])c1Br. The van der Waals surface area contributed by atoms with Crippen LogP contribution in [0.2, 0.25) is 0 Å². The molecule has 1 aliphatic heterocycles. The molecule has 0 saturated carbocycles. The van der Waals surface area contributed by atoms with Gasteiger partial charge in [-0.1, -0.05) is 6.07 Å². The summed E-state index contributed by atoms with van der Waals surface area (Å²) in [6.07, 6.45) is 0.902. The van der Waals surface area contributed by atoms with E-state index < -0.39 is 4.92 Å². The fourth-order valence-electron chi connectivity index (χ4n) is 2.65. The normalized spacial score (nSPS) is 20.1. The smallest absolute Gasteiger partial charge is 0.284 e. The minimum absolute atomic E-state index is 0.0798. The quantitative estimate of drug-likeness (QED) is 0.603. The van der Waals surface area contributed by atoms with Crippen LogP contribution >= 0.6 is 15.9 Å². The van der Waals surface area contributed by atoms with Crippen LogP contribution < -0.4 is 0 Å². The van der Waals surface area contributed by atoms with E-state index in [0.29, 0.717) is 12.1 Å². The Balaban J connectivity index is 2.31. The largest absolute Gasteiger partial charge is 0.335 e. The highest BCUT2D eigenvalue weighted by Gasteiger charge is 2.28. The van der Waals surface area contributed by atoms with Crippen molar-refractivity contribution in [1.82, 2.24) is 9.80 Å². The fourth-order valence-corrected chi connectivity index (χ4v) is 3.23. The number of likely N-dealkylation sites (N-methyl/N-ethyl adjacent to an activating group) is 1. The van der Waals surface area contributed by atoms with Gasteiger partial charge in [-0.2, -0.15) is 0 Å². The molecule has 0 bridgehead atoms. The fraction of sp³-hybridized carbons (Fsp3) is 0.500. The molecule has 1 saturated heterocycles. The zero-order chi connectivity index (χ0) is 15.6. The number of nitro benzene ring substituents is 1. The maximum Gasteiger partial charge on any atom is 0.284 e. The first-order chi connectivity index (χ1) is 9.91. The maximum atomic E-state index is 12.7. The third-order valence-electron chi connectivity index (χ3n) is 3.71. The van der Waals surface area contributed by atoms with Crippen molar-refractivity contribution < 1.29 is 9.72 Å². The summed E-state index contributed by atoms with van der Waals surface area (Å²) >= 11 is 3.20. The summed E-state index contributed by atoms with van der Waals surface area (Å²) < 4.78 is 0.254. The van der Waals surface area contributed by atoms with Crippen LogP contribution in [0, 0.1) is 10.1 Å². The summed E-state index contributed by atoms with van der Waals surface area (Å²) in [5.74, 6) is -0.159.